The van der Waals surface area contributed by atoms with Gasteiger partial charge in [0.05, 0.1) is 19.8 Å². The normalized spacial score (nSPS) is 18.2. The first-order chi connectivity index (χ1) is 17.2. The van der Waals surface area contributed by atoms with Gasteiger partial charge in [0.1, 0.15) is 5.82 Å². The topological polar surface area (TPSA) is 46.4 Å². The van der Waals surface area contributed by atoms with Crippen molar-refractivity contribution in [3.05, 3.63) is 77.1 Å². The van der Waals surface area contributed by atoms with Gasteiger partial charge in [-0.25, -0.2) is 0 Å². The average molecular weight is 492 g/mol. The zero-order valence-electron chi connectivity index (χ0n) is 20.8. The van der Waals surface area contributed by atoms with Crippen LogP contribution in [0.1, 0.15) is 41.3 Å². The number of benzene rings is 2. The molecule has 0 N–H and O–H groups in total. The van der Waals surface area contributed by atoms with Crippen LogP contribution in [0.25, 0.3) is 0 Å². The van der Waals surface area contributed by atoms with Gasteiger partial charge in [-0.3, -0.25) is 9.80 Å². The van der Waals surface area contributed by atoms with E-state index < -0.39 is 0 Å². The number of piperidine rings is 1. The van der Waals surface area contributed by atoms with Crippen LogP contribution in [0, 0.1) is 6.92 Å². The molecular formula is C28H37N5OS. The molecule has 0 atom stereocenters. The minimum Gasteiger partial charge on any atom is -0.379 e. The molecule has 3 aromatic rings. The van der Waals surface area contributed by atoms with Crippen LogP contribution in [0.15, 0.2) is 59.8 Å². The second kappa shape index (κ2) is 12.2. The molecule has 2 saturated heterocycles. The molecule has 0 aliphatic carbocycles. The van der Waals surface area contributed by atoms with Crippen LogP contribution in [-0.2, 0) is 17.8 Å². The van der Waals surface area contributed by atoms with Crippen molar-refractivity contribution in [1.29, 1.82) is 0 Å². The molecule has 0 radical (unpaired) electrons. The first kappa shape index (κ1) is 24.5. The molecule has 2 aliphatic heterocycles. The van der Waals surface area contributed by atoms with Crippen molar-refractivity contribution in [3.63, 3.8) is 0 Å². The molecule has 2 aliphatic rings. The van der Waals surface area contributed by atoms with Crippen LogP contribution in [-0.4, -0.2) is 76.3 Å². The third kappa shape index (κ3) is 6.73. The van der Waals surface area contributed by atoms with Crippen molar-refractivity contribution >= 4 is 11.8 Å². The fourth-order valence-corrected chi connectivity index (χ4v) is 6.08. The number of rotatable bonds is 9. The Hall–Kier alpha value is -2.19. The van der Waals surface area contributed by atoms with Gasteiger partial charge in [-0.15, -0.1) is 10.2 Å². The summed E-state index contributed by atoms with van der Waals surface area (Å²) in [4.78, 5) is 5.07. The molecule has 0 amide bonds. The van der Waals surface area contributed by atoms with Gasteiger partial charge in [0.25, 0.3) is 0 Å². The van der Waals surface area contributed by atoms with E-state index in [0.717, 1.165) is 88.6 Å². The number of ether oxygens (including phenoxy) is 1. The molecular weight excluding hydrogens is 454 g/mol. The SMILES string of the molecule is Cc1cccc(CN2CCC(c3nnc(SCCN4CCOCC4)n3Cc3ccccc3)CC2)c1. The van der Waals surface area contributed by atoms with Crippen LogP contribution < -0.4 is 0 Å². The number of aryl methyl sites for hydroxylation is 1. The van der Waals surface area contributed by atoms with Crippen molar-refractivity contribution in [1.82, 2.24) is 24.6 Å². The van der Waals surface area contributed by atoms with Crippen molar-refractivity contribution in [3.8, 4) is 0 Å². The molecule has 186 valence electrons. The third-order valence-corrected chi connectivity index (χ3v) is 8.06. The quantitative estimate of drug-likeness (QED) is 0.413. The summed E-state index contributed by atoms with van der Waals surface area (Å²) in [7, 11) is 0. The molecule has 35 heavy (non-hydrogen) atoms. The molecule has 2 aromatic carbocycles. The Bertz CT molecular complexity index is 1060. The van der Waals surface area contributed by atoms with Gasteiger partial charge in [0.2, 0.25) is 0 Å². The number of thioether (sulfide) groups is 1. The van der Waals surface area contributed by atoms with E-state index in [-0.39, 0.29) is 0 Å². The van der Waals surface area contributed by atoms with E-state index in [0.29, 0.717) is 5.92 Å². The number of aromatic nitrogens is 3. The maximum atomic E-state index is 5.49. The van der Waals surface area contributed by atoms with E-state index in [2.05, 4.69) is 81.0 Å². The van der Waals surface area contributed by atoms with Crippen LogP contribution in [0.5, 0.6) is 0 Å². The number of nitrogens with zero attached hydrogens (tertiary/aromatic N) is 5. The molecule has 0 spiro atoms. The van der Waals surface area contributed by atoms with E-state index in [1.165, 1.54) is 16.7 Å². The fourth-order valence-electron chi connectivity index (χ4n) is 5.13. The Morgan fingerprint density at radius 2 is 1.63 bits per heavy atom. The molecule has 1 aromatic heterocycles. The molecule has 3 heterocycles. The lowest BCUT2D eigenvalue weighted by molar-refractivity contribution is 0.0410. The van der Waals surface area contributed by atoms with Gasteiger partial charge < -0.3 is 9.30 Å². The smallest absolute Gasteiger partial charge is 0.191 e. The Labute approximate surface area is 213 Å². The monoisotopic (exact) mass is 491 g/mol. The molecule has 2 fully saturated rings. The Kier molecular flexibility index (Phi) is 8.52. The van der Waals surface area contributed by atoms with Crippen molar-refractivity contribution in [2.24, 2.45) is 0 Å². The molecule has 0 bridgehead atoms. The van der Waals surface area contributed by atoms with Gasteiger partial charge in [0, 0.05) is 37.8 Å². The van der Waals surface area contributed by atoms with E-state index in [1.54, 1.807) is 0 Å². The summed E-state index contributed by atoms with van der Waals surface area (Å²) in [6, 6.07) is 19.6. The third-order valence-electron chi connectivity index (χ3n) is 7.11. The van der Waals surface area contributed by atoms with Crippen LogP contribution in [0.3, 0.4) is 0 Å². The summed E-state index contributed by atoms with van der Waals surface area (Å²) in [6.45, 7) is 11.1. The largest absolute Gasteiger partial charge is 0.379 e. The fraction of sp³-hybridized carbons (Fsp3) is 0.500. The summed E-state index contributed by atoms with van der Waals surface area (Å²) < 4.78 is 7.88. The summed E-state index contributed by atoms with van der Waals surface area (Å²) in [5, 5.41) is 10.5. The van der Waals surface area contributed by atoms with Crippen molar-refractivity contribution < 1.29 is 4.74 Å². The van der Waals surface area contributed by atoms with E-state index in [4.69, 9.17) is 9.84 Å². The zero-order valence-corrected chi connectivity index (χ0v) is 21.6. The number of likely N-dealkylation sites (tertiary alicyclic amines) is 1. The maximum absolute atomic E-state index is 5.49. The summed E-state index contributed by atoms with van der Waals surface area (Å²) in [5.41, 5.74) is 4.06. The first-order valence-electron chi connectivity index (χ1n) is 12.9. The predicted molar refractivity (Wildman–Crippen MR) is 142 cm³/mol. The number of hydrogen-bond donors (Lipinski definition) is 0. The second-order valence-corrected chi connectivity index (χ2v) is 10.8. The lowest BCUT2D eigenvalue weighted by Crippen LogP contribution is -2.37. The van der Waals surface area contributed by atoms with Gasteiger partial charge in [-0.2, -0.15) is 0 Å². The first-order valence-corrected chi connectivity index (χ1v) is 13.9. The highest BCUT2D eigenvalue weighted by molar-refractivity contribution is 7.99. The number of morpholine rings is 1. The standard InChI is InChI=1S/C28H37N5OS/c1-23-6-5-9-25(20-23)21-32-12-10-26(11-13-32)27-29-30-28(33(27)22-24-7-3-2-4-8-24)35-19-16-31-14-17-34-18-15-31/h2-9,20,26H,10-19,21-22H2,1H3. The summed E-state index contributed by atoms with van der Waals surface area (Å²) in [6.07, 6.45) is 2.27. The van der Waals surface area contributed by atoms with Crippen LogP contribution >= 0.6 is 11.8 Å². The Morgan fingerprint density at radius 1 is 0.857 bits per heavy atom. The summed E-state index contributed by atoms with van der Waals surface area (Å²) >= 11 is 1.84. The Balaban J connectivity index is 1.24. The highest BCUT2D eigenvalue weighted by Crippen LogP contribution is 2.31. The van der Waals surface area contributed by atoms with Gasteiger partial charge in [-0.05, 0) is 44.0 Å². The summed E-state index contributed by atoms with van der Waals surface area (Å²) in [5.74, 6) is 2.66. The minimum atomic E-state index is 0.466. The highest BCUT2D eigenvalue weighted by atomic mass is 32.2. The van der Waals surface area contributed by atoms with E-state index in [1.807, 2.05) is 11.8 Å². The van der Waals surface area contributed by atoms with Gasteiger partial charge in [0.15, 0.2) is 5.16 Å². The van der Waals surface area contributed by atoms with Gasteiger partial charge in [-0.1, -0.05) is 71.9 Å². The van der Waals surface area contributed by atoms with Gasteiger partial charge >= 0.3 is 0 Å². The second-order valence-electron chi connectivity index (χ2n) is 9.75. The average Bonchev–Trinajstić information content (AvgIpc) is 3.28. The maximum Gasteiger partial charge on any atom is 0.191 e. The molecule has 5 rings (SSSR count). The molecule has 7 heteroatoms. The predicted octanol–water partition coefficient (Wildman–Crippen LogP) is 4.44. The highest BCUT2D eigenvalue weighted by Gasteiger charge is 2.26. The van der Waals surface area contributed by atoms with Crippen LogP contribution in [0.4, 0.5) is 0 Å². The molecule has 6 nitrogen and oxygen atoms in total. The lowest BCUT2D eigenvalue weighted by atomic mass is 9.95. The van der Waals surface area contributed by atoms with E-state index in [9.17, 15) is 0 Å². The van der Waals surface area contributed by atoms with E-state index >= 15 is 0 Å². The minimum absolute atomic E-state index is 0.466. The van der Waals surface area contributed by atoms with Crippen LogP contribution in [0.2, 0.25) is 0 Å². The zero-order chi connectivity index (χ0) is 23.9. The number of hydrogen-bond acceptors (Lipinski definition) is 6. The Morgan fingerprint density at radius 3 is 2.40 bits per heavy atom. The lowest BCUT2D eigenvalue weighted by Gasteiger charge is -2.31. The van der Waals surface area contributed by atoms with Crippen molar-refractivity contribution in [2.75, 3.05) is 51.7 Å². The molecule has 0 unspecified atom stereocenters. The van der Waals surface area contributed by atoms with Crippen molar-refractivity contribution in [2.45, 2.75) is 43.9 Å². The molecule has 0 saturated carbocycles.